The lowest BCUT2D eigenvalue weighted by Crippen LogP contribution is -2.12. The summed E-state index contributed by atoms with van der Waals surface area (Å²) in [7, 11) is 0. The van der Waals surface area contributed by atoms with E-state index in [0.717, 1.165) is 11.4 Å². The summed E-state index contributed by atoms with van der Waals surface area (Å²) in [6, 6.07) is 68.9. The lowest BCUT2D eigenvalue weighted by Gasteiger charge is -2.31. The highest BCUT2D eigenvalue weighted by Crippen LogP contribution is 2.51. The van der Waals surface area contributed by atoms with Crippen molar-refractivity contribution in [3.8, 4) is 22.3 Å². The summed E-state index contributed by atoms with van der Waals surface area (Å²) in [5.74, 6) is 0. The molecule has 0 N–H and O–H groups in total. The molecule has 0 spiro atoms. The van der Waals surface area contributed by atoms with Gasteiger partial charge in [0.25, 0.3) is 0 Å². The Balaban J connectivity index is 1.37. The van der Waals surface area contributed by atoms with Crippen LogP contribution in [0.5, 0.6) is 0 Å². The van der Waals surface area contributed by atoms with Gasteiger partial charge in [0.15, 0.2) is 0 Å². The molecule has 0 saturated heterocycles. The topological polar surface area (TPSA) is 3.24 Å². The zero-order chi connectivity index (χ0) is 33.0. The molecule has 0 atom stereocenters. The molecule has 50 heavy (non-hydrogen) atoms. The first-order chi connectivity index (χ1) is 24.8. The van der Waals surface area contributed by atoms with E-state index in [0.29, 0.717) is 0 Å². The number of anilines is 3. The number of nitrogens with zero attached hydrogens (tertiary/aromatic N) is 1. The first kappa shape index (κ1) is 28.8. The molecule has 1 heterocycles. The van der Waals surface area contributed by atoms with Gasteiger partial charge < -0.3 is 4.90 Å². The largest absolute Gasteiger partial charge is 0.309 e. The Kier molecular flexibility index (Phi) is 6.75. The van der Waals surface area contributed by atoms with Gasteiger partial charge in [-0.25, -0.2) is 0 Å². The maximum Gasteiger partial charge on any atom is 0.0625 e. The van der Waals surface area contributed by atoms with E-state index in [-0.39, 0.29) is 0 Å². The zero-order valence-electron chi connectivity index (χ0n) is 27.3. The normalized spacial score (nSPS) is 11.6. The molecule has 0 fully saturated rings. The van der Waals surface area contributed by atoms with Crippen LogP contribution in [0.3, 0.4) is 0 Å². The SMILES string of the molecule is c1ccc(-c2cccc(N(c3ccc4sc5ccccc5c4c3)c3c(-c4cccc5ccccc45)c4ccccc4c4ccccc34)c2)cc1. The molecule has 0 radical (unpaired) electrons. The Morgan fingerprint density at radius 2 is 0.920 bits per heavy atom. The Labute approximate surface area is 294 Å². The van der Waals surface area contributed by atoms with Crippen LogP contribution in [0.15, 0.2) is 188 Å². The van der Waals surface area contributed by atoms with Gasteiger partial charge in [-0.15, -0.1) is 11.3 Å². The van der Waals surface area contributed by atoms with E-state index in [2.05, 4.69) is 193 Å². The smallest absolute Gasteiger partial charge is 0.0625 e. The Morgan fingerprint density at radius 3 is 1.76 bits per heavy atom. The van der Waals surface area contributed by atoms with Crippen LogP contribution in [-0.4, -0.2) is 0 Å². The molecule has 0 amide bonds. The Hall–Kier alpha value is -6.22. The van der Waals surface area contributed by atoms with Crippen LogP contribution < -0.4 is 4.90 Å². The zero-order valence-corrected chi connectivity index (χ0v) is 28.1. The van der Waals surface area contributed by atoms with Gasteiger partial charge in [0, 0.05) is 42.5 Å². The maximum absolute atomic E-state index is 2.52. The predicted molar refractivity (Wildman–Crippen MR) is 217 cm³/mol. The number of fused-ring (bicyclic) bond motifs is 7. The van der Waals surface area contributed by atoms with Crippen molar-refractivity contribution in [1.82, 2.24) is 0 Å². The van der Waals surface area contributed by atoms with Gasteiger partial charge in [-0.1, -0.05) is 152 Å². The van der Waals surface area contributed by atoms with Crippen LogP contribution >= 0.6 is 11.3 Å². The van der Waals surface area contributed by atoms with Gasteiger partial charge in [0.05, 0.1) is 5.69 Å². The fraction of sp³-hybridized carbons (Fsp3) is 0. The average molecular weight is 654 g/mol. The minimum absolute atomic E-state index is 1.12. The van der Waals surface area contributed by atoms with E-state index in [9.17, 15) is 0 Å². The lowest BCUT2D eigenvalue weighted by molar-refractivity contribution is 1.31. The summed E-state index contributed by atoms with van der Waals surface area (Å²) in [6.45, 7) is 0. The standard InChI is InChI=1S/C48H31NS/c1-2-14-32(15-3-1)34-18-12-19-35(30-34)49(36-28-29-46-44(31-36)40-23-10-11-27-45(40)50-46)48-43-25-9-7-22-39(43)38-21-6-8-24-42(38)47(48)41-26-13-17-33-16-4-5-20-37(33)41/h1-31H. The van der Waals surface area contributed by atoms with Crippen molar-refractivity contribution in [2.45, 2.75) is 0 Å². The third kappa shape index (κ3) is 4.61. The molecular weight excluding hydrogens is 623 g/mol. The molecule has 10 aromatic rings. The van der Waals surface area contributed by atoms with Crippen LogP contribution in [0.2, 0.25) is 0 Å². The van der Waals surface area contributed by atoms with Crippen molar-refractivity contribution in [3.05, 3.63) is 188 Å². The highest BCUT2D eigenvalue weighted by atomic mass is 32.1. The monoisotopic (exact) mass is 653 g/mol. The molecule has 0 aliphatic carbocycles. The van der Waals surface area contributed by atoms with E-state index in [1.807, 2.05) is 11.3 Å². The second-order valence-electron chi connectivity index (χ2n) is 12.9. The van der Waals surface area contributed by atoms with E-state index < -0.39 is 0 Å². The predicted octanol–water partition coefficient (Wildman–Crippen LogP) is 14.3. The van der Waals surface area contributed by atoms with Gasteiger partial charge >= 0.3 is 0 Å². The van der Waals surface area contributed by atoms with Gasteiger partial charge in [-0.3, -0.25) is 0 Å². The summed E-state index contributed by atoms with van der Waals surface area (Å²) in [5, 5.41) is 10.0. The van der Waals surface area contributed by atoms with Crippen LogP contribution in [-0.2, 0) is 0 Å². The first-order valence-corrected chi connectivity index (χ1v) is 17.9. The van der Waals surface area contributed by atoms with Gasteiger partial charge in [0.1, 0.15) is 0 Å². The summed E-state index contributed by atoms with van der Waals surface area (Å²) in [4.78, 5) is 2.52. The molecule has 0 unspecified atom stereocenters. The van der Waals surface area contributed by atoms with Crippen LogP contribution in [0.1, 0.15) is 0 Å². The Bertz CT molecular complexity index is 2880. The third-order valence-electron chi connectivity index (χ3n) is 10.0. The van der Waals surface area contributed by atoms with Crippen LogP contribution in [0.4, 0.5) is 17.1 Å². The number of benzene rings is 9. The van der Waals surface area contributed by atoms with Crippen LogP contribution in [0, 0.1) is 0 Å². The van der Waals surface area contributed by atoms with Crippen molar-refractivity contribution in [1.29, 1.82) is 0 Å². The number of hydrogen-bond acceptors (Lipinski definition) is 2. The molecule has 9 aromatic carbocycles. The molecule has 1 aromatic heterocycles. The lowest BCUT2D eigenvalue weighted by atomic mass is 9.88. The number of thiophene rings is 1. The van der Waals surface area contributed by atoms with Crippen molar-refractivity contribution in [3.63, 3.8) is 0 Å². The van der Waals surface area contributed by atoms with Crippen molar-refractivity contribution in [2.75, 3.05) is 4.90 Å². The van der Waals surface area contributed by atoms with Crippen LogP contribution in [0.25, 0.3) is 74.7 Å². The fourth-order valence-electron chi connectivity index (χ4n) is 7.79. The number of hydrogen-bond donors (Lipinski definition) is 0. The molecule has 0 aliphatic rings. The first-order valence-electron chi connectivity index (χ1n) is 17.1. The van der Waals surface area contributed by atoms with Gasteiger partial charge in [0.2, 0.25) is 0 Å². The second kappa shape index (κ2) is 11.7. The molecule has 1 nitrogen and oxygen atoms in total. The summed E-state index contributed by atoms with van der Waals surface area (Å²) in [6.07, 6.45) is 0. The summed E-state index contributed by atoms with van der Waals surface area (Å²) < 4.78 is 2.61. The molecular formula is C48H31NS. The van der Waals surface area contributed by atoms with E-state index >= 15 is 0 Å². The maximum atomic E-state index is 2.52. The van der Waals surface area contributed by atoms with Crippen molar-refractivity contribution >= 4 is 80.9 Å². The van der Waals surface area contributed by atoms with E-state index in [1.54, 1.807) is 0 Å². The minimum Gasteiger partial charge on any atom is -0.309 e. The van der Waals surface area contributed by atoms with Gasteiger partial charge in [-0.2, -0.15) is 0 Å². The fourth-order valence-corrected chi connectivity index (χ4v) is 8.87. The highest BCUT2D eigenvalue weighted by Gasteiger charge is 2.25. The molecule has 234 valence electrons. The third-order valence-corrected chi connectivity index (χ3v) is 11.2. The number of rotatable bonds is 5. The van der Waals surface area contributed by atoms with E-state index in [1.165, 1.54) is 80.4 Å². The Morgan fingerprint density at radius 1 is 0.340 bits per heavy atom. The minimum atomic E-state index is 1.12. The summed E-state index contributed by atoms with van der Waals surface area (Å²) >= 11 is 1.86. The molecule has 0 saturated carbocycles. The van der Waals surface area contributed by atoms with Gasteiger partial charge in [-0.05, 0) is 80.0 Å². The molecule has 0 bridgehead atoms. The highest BCUT2D eigenvalue weighted by molar-refractivity contribution is 7.25. The second-order valence-corrected chi connectivity index (χ2v) is 14.0. The summed E-state index contributed by atoms with van der Waals surface area (Å²) in [5.41, 5.74) is 8.28. The van der Waals surface area contributed by atoms with Crippen molar-refractivity contribution in [2.24, 2.45) is 0 Å². The quantitative estimate of drug-likeness (QED) is 0.167. The van der Waals surface area contributed by atoms with E-state index in [4.69, 9.17) is 0 Å². The molecule has 0 aliphatic heterocycles. The average Bonchev–Trinajstić information content (AvgIpc) is 3.56. The molecule has 10 rings (SSSR count). The van der Waals surface area contributed by atoms with Crippen molar-refractivity contribution < 1.29 is 0 Å². The molecule has 2 heteroatoms.